The molecule has 1 N–H and O–H groups in total. The Kier molecular flexibility index (Phi) is 2.49. The van der Waals surface area contributed by atoms with Gasteiger partial charge in [0.05, 0.1) is 18.4 Å². The summed E-state index contributed by atoms with van der Waals surface area (Å²) in [5.41, 5.74) is 1.36. The minimum Gasteiger partial charge on any atom is -0.481 e. The Bertz CT molecular complexity index is 462. The van der Waals surface area contributed by atoms with E-state index in [0.29, 0.717) is 11.5 Å². The number of rotatable bonds is 3. The first-order chi connectivity index (χ1) is 7.25. The van der Waals surface area contributed by atoms with Gasteiger partial charge in [-0.25, -0.2) is 0 Å². The summed E-state index contributed by atoms with van der Waals surface area (Å²) in [6.07, 6.45) is 3.08. The van der Waals surface area contributed by atoms with E-state index in [-0.39, 0.29) is 6.42 Å². The lowest BCUT2D eigenvalue weighted by atomic mass is 10.1. The Labute approximate surface area is 86.2 Å². The zero-order valence-electron chi connectivity index (χ0n) is 7.88. The predicted octanol–water partition coefficient (Wildman–Crippen LogP) is 1.97. The Hall–Kier alpha value is -2.10. The number of pyridine rings is 1. The summed E-state index contributed by atoms with van der Waals surface area (Å²) in [6, 6.07) is 7.10. The van der Waals surface area contributed by atoms with Crippen molar-refractivity contribution < 1.29 is 14.3 Å². The van der Waals surface area contributed by atoms with Crippen molar-refractivity contribution >= 4 is 5.97 Å². The van der Waals surface area contributed by atoms with Crippen molar-refractivity contribution in [1.82, 2.24) is 4.98 Å². The van der Waals surface area contributed by atoms with Crippen molar-refractivity contribution in [3.8, 4) is 11.3 Å². The van der Waals surface area contributed by atoms with Crippen LogP contribution in [0.5, 0.6) is 0 Å². The Balaban J connectivity index is 2.31. The Morgan fingerprint density at radius 1 is 1.47 bits per heavy atom. The molecule has 0 fully saturated rings. The quantitative estimate of drug-likeness (QED) is 0.828. The van der Waals surface area contributed by atoms with Crippen LogP contribution in [0.1, 0.15) is 5.69 Å². The molecule has 15 heavy (non-hydrogen) atoms. The minimum absolute atomic E-state index is 0.0749. The minimum atomic E-state index is -0.890. The maximum Gasteiger partial charge on any atom is 0.309 e. The van der Waals surface area contributed by atoms with Gasteiger partial charge in [0.15, 0.2) is 0 Å². The average Bonchev–Trinajstić information content (AvgIpc) is 2.69. The monoisotopic (exact) mass is 203 g/mol. The van der Waals surface area contributed by atoms with Crippen molar-refractivity contribution in [1.29, 1.82) is 0 Å². The van der Waals surface area contributed by atoms with E-state index in [1.54, 1.807) is 30.7 Å². The second-order valence-corrected chi connectivity index (χ2v) is 3.08. The van der Waals surface area contributed by atoms with Crippen molar-refractivity contribution in [2.75, 3.05) is 0 Å². The lowest BCUT2D eigenvalue weighted by Gasteiger charge is -1.99. The van der Waals surface area contributed by atoms with Crippen LogP contribution < -0.4 is 0 Å². The molecule has 0 unspecified atom stereocenters. The van der Waals surface area contributed by atoms with Crippen molar-refractivity contribution in [2.24, 2.45) is 0 Å². The highest BCUT2D eigenvalue weighted by Crippen LogP contribution is 2.19. The molecule has 0 aliphatic carbocycles. The molecule has 0 amide bonds. The van der Waals surface area contributed by atoms with E-state index in [1.165, 1.54) is 0 Å². The molecule has 4 heteroatoms. The van der Waals surface area contributed by atoms with Crippen molar-refractivity contribution in [2.45, 2.75) is 6.42 Å². The van der Waals surface area contributed by atoms with Gasteiger partial charge in [0, 0.05) is 11.8 Å². The third kappa shape index (κ3) is 2.22. The number of carboxylic acids is 1. The molecule has 0 aliphatic rings. The van der Waals surface area contributed by atoms with E-state index >= 15 is 0 Å². The topological polar surface area (TPSA) is 63.3 Å². The number of aliphatic carboxylic acids is 1. The van der Waals surface area contributed by atoms with Crippen molar-refractivity contribution in [3.63, 3.8) is 0 Å². The maximum absolute atomic E-state index is 10.5. The molecular weight excluding hydrogens is 194 g/mol. The van der Waals surface area contributed by atoms with Crippen molar-refractivity contribution in [3.05, 3.63) is 42.4 Å². The number of carbonyl (C=O) groups is 1. The highest BCUT2D eigenvalue weighted by molar-refractivity contribution is 5.70. The predicted molar refractivity (Wildman–Crippen MR) is 53.3 cm³/mol. The van der Waals surface area contributed by atoms with E-state index in [2.05, 4.69) is 4.98 Å². The number of aromatic nitrogens is 1. The van der Waals surface area contributed by atoms with E-state index < -0.39 is 5.97 Å². The summed E-state index contributed by atoms with van der Waals surface area (Å²) >= 11 is 0. The molecule has 0 bridgehead atoms. The van der Waals surface area contributed by atoms with Gasteiger partial charge in [-0.05, 0) is 24.3 Å². The number of hydrogen-bond donors (Lipinski definition) is 1. The molecule has 2 heterocycles. The number of furan rings is 1. The van der Waals surface area contributed by atoms with Gasteiger partial charge in [-0.3, -0.25) is 9.78 Å². The van der Waals surface area contributed by atoms with Gasteiger partial charge in [-0.2, -0.15) is 0 Å². The van der Waals surface area contributed by atoms with Crippen LogP contribution in [0.2, 0.25) is 0 Å². The number of hydrogen-bond acceptors (Lipinski definition) is 3. The fourth-order valence-corrected chi connectivity index (χ4v) is 1.33. The molecule has 2 rings (SSSR count). The molecule has 0 aliphatic heterocycles. The highest BCUT2D eigenvalue weighted by Gasteiger charge is 2.05. The van der Waals surface area contributed by atoms with E-state index in [0.717, 1.165) is 5.56 Å². The van der Waals surface area contributed by atoms with Crippen LogP contribution in [0.25, 0.3) is 11.3 Å². The summed E-state index contributed by atoms with van der Waals surface area (Å²) < 4.78 is 5.20. The normalized spacial score (nSPS) is 10.1. The third-order valence-corrected chi connectivity index (χ3v) is 1.95. The molecule has 0 atom stereocenters. The maximum atomic E-state index is 10.5. The SMILES string of the molecule is O=C(O)Cc1cc(-c2ccco2)ccn1. The van der Waals surface area contributed by atoms with Crippen LogP contribution in [0, 0.1) is 0 Å². The van der Waals surface area contributed by atoms with E-state index in [1.807, 2.05) is 6.07 Å². The summed E-state index contributed by atoms with van der Waals surface area (Å²) in [7, 11) is 0. The van der Waals surface area contributed by atoms with Crippen LogP contribution in [0.15, 0.2) is 41.1 Å². The molecule has 2 aromatic rings. The number of nitrogens with zero attached hydrogens (tertiary/aromatic N) is 1. The first-order valence-corrected chi connectivity index (χ1v) is 4.46. The summed E-state index contributed by atoms with van der Waals surface area (Å²) in [6.45, 7) is 0. The highest BCUT2D eigenvalue weighted by atomic mass is 16.4. The molecule has 76 valence electrons. The smallest absolute Gasteiger partial charge is 0.309 e. The van der Waals surface area contributed by atoms with E-state index in [9.17, 15) is 4.79 Å². The standard InChI is InChI=1S/C11H9NO3/c13-11(14)7-9-6-8(3-4-12-9)10-2-1-5-15-10/h1-6H,7H2,(H,13,14). The van der Waals surface area contributed by atoms with Gasteiger partial charge in [0.25, 0.3) is 0 Å². The van der Waals surface area contributed by atoms with Gasteiger partial charge in [-0.15, -0.1) is 0 Å². The molecular formula is C11H9NO3. The number of carboxylic acid groups (broad SMARTS) is 1. The molecule has 0 spiro atoms. The Morgan fingerprint density at radius 3 is 3.00 bits per heavy atom. The first-order valence-electron chi connectivity index (χ1n) is 4.46. The van der Waals surface area contributed by atoms with Crippen LogP contribution in [0.3, 0.4) is 0 Å². The second-order valence-electron chi connectivity index (χ2n) is 3.08. The summed E-state index contributed by atoms with van der Waals surface area (Å²) in [5, 5.41) is 8.62. The Morgan fingerprint density at radius 2 is 2.33 bits per heavy atom. The first kappa shape index (κ1) is 9.45. The molecule has 0 radical (unpaired) electrons. The van der Waals surface area contributed by atoms with Crippen LogP contribution in [-0.2, 0) is 11.2 Å². The van der Waals surface area contributed by atoms with Crippen LogP contribution in [-0.4, -0.2) is 16.1 Å². The molecule has 2 aromatic heterocycles. The lowest BCUT2D eigenvalue weighted by molar-refractivity contribution is -0.136. The van der Waals surface area contributed by atoms with Gasteiger partial charge in [0.1, 0.15) is 5.76 Å². The van der Waals surface area contributed by atoms with Gasteiger partial charge < -0.3 is 9.52 Å². The molecule has 0 aromatic carbocycles. The molecule has 0 saturated carbocycles. The zero-order valence-corrected chi connectivity index (χ0v) is 7.88. The third-order valence-electron chi connectivity index (χ3n) is 1.95. The zero-order chi connectivity index (χ0) is 10.7. The second kappa shape index (κ2) is 3.96. The summed E-state index contributed by atoms with van der Waals surface area (Å²) in [5.74, 6) is -0.178. The van der Waals surface area contributed by atoms with Crippen LogP contribution >= 0.6 is 0 Å². The van der Waals surface area contributed by atoms with E-state index in [4.69, 9.17) is 9.52 Å². The van der Waals surface area contributed by atoms with Crippen LogP contribution in [0.4, 0.5) is 0 Å². The largest absolute Gasteiger partial charge is 0.481 e. The lowest BCUT2D eigenvalue weighted by Crippen LogP contribution is -2.01. The van der Waals surface area contributed by atoms with Gasteiger partial charge in [0.2, 0.25) is 0 Å². The fraction of sp³-hybridized carbons (Fsp3) is 0.0909. The molecule has 0 saturated heterocycles. The van der Waals surface area contributed by atoms with Gasteiger partial charge in [-0.1, -0.05) is 0 Å². The summed E-state index contributed by atoms with van der Waals surface area (Å²) in [4.78, 5) is 14.5. The van der Waals surface area contributed by atoms with Gasteiger partial charge >= 0.3 is 5.97 Å². The fourth-order valence-electron chi connectivity index (χ4n) is 1.33. The average molecular weight is 203 g/mol. The molecule has 4 nitrogen and oxygen atoms in total.